The summed E-state index contributed by atoms with van der Waals surface area (Å²) in [7, 11) is -1.43. The van der Waals surface area contributed by atoms with Crippen molar-refractivity contribution in [2.24, 2.45) is 5.92 Å². The van der Waals surface area contributed by atoms with Gasteiger partial charge in [0.15, 0.2) is 0 Å². The van der Waals surface area contributed by atoms with Crippen LogP contribution >= 0.6 is 12.4 Å². The molecule has 1 N–H and O–H groups in total. The predicted molar refractivity (Wildman–Crippen MR) is 88.5 cm³/mol. The highest BCUT2D eigenvalue weighted by molar-refractivity contribution is 7.89. The third-order valence-corrected chi connectivity index (χ3v) is 5.91. The van der Waals surface area contributed by atoms with Crippen LogP contribution in [0, 0.1) is 5.92 Å². The fraction of sp³-hybridized carbons (Fsp3) is 0.600. The Morgan fingerprint density at radius 1 is 1.33 bits per heavy atom. The molecule has 21 heavy (non-hydrogen) atoms. The Bertz CT molecular complexity index is 546. The summed E-state index contributed by atoms with van der Waals surface area (Å²) in [5, 5.41) is 3.15. The van der Waals surface area contributed by atoms with Gasteiger partial charge in [0.2, 0.25) is 10.0 Å². The van der Waals surface area contributed by atoms with E-state index in [9.17, 15) is 8.42 Å². The maximum absolute atomic E-state index is 12.8. The molecular formula is C15H25ClN2O2S. The lowest BCUT2D eigenvalue weighted by atomic mass is 10.00. The quantitative estimate of drug-likeness (QED) is 0.900. The van der Waals surface area contributed by atoms with Gasteiger partial charge >= 0.3 is 0 Å². The SMILES string of the molecule is CCc1ccccc1S(=O)(=O)N1CCCC(CNC)C1.Cl. The maximum Gasteiger partial charge on any atom is 0.243 e. The van der Waals surface area contributed by atoms with Crippen molar-refractivity contribution < 1.29 is 8.42 Å². The lowest BCUT2D eigenvalue weighted by Gasteiger charge is -2.32. The number of sulfonamides is 1. The number of rotatable bonds is 5. The number of hydrogen-bond donors (Lipinski definition) is 1. The van der Waals surface area contributed by atoms with Crippen LogP contribution in [0.15, 0.2) is 29.2 Å². The van der Waals surface area contributed by atoms with E-state index in [0.717, 1.165) is 31.4 Å². The molecule has 1 fully saturated rings. The summed E-state index contributed by atoms with van der Waals surface area (Å²) in [6.07, 6.45) is 2.78. The van der Waals surface area contributed by atoms with Crippen LogP contribution in [-0.2, 0) is 16.4 Å². The second-order valence-corrected chi connectivity index (χ2v) is 7.30. The van der Waals surface area contributed by atoms with Gasteiger partial charge in [0.05, 0.1) is 4.90 Å². The zero-order valence-electron chi connectivity index (χ0n) is 12.7. The molecule has 1 aliphatic rings. The minimum Gasteiger partial charge on any atom is -0.319 e. The minimum absolute atomic E-state index is 0. The van der Waals surface area contributed by atoms with Crippen LogP contribution in [0.2, 0.25) is 0 Å². The highest BCUT2D eigenvalue weighted by Gasteiger charge is 2.30. The summed E-state index contributed by atoms with van der Waals surface area (Å²) in [5.41, 5.74) is 0.906. The molecule has 1 aromatic carbocycles. The van der Waals surface area contributed by atoms with Crippen molar-refractivity contribution in [3.8, 4) is 0 Å². The van der Waals surface area contributed by atoms with Crippen LogP contribution < -0.4 is 5.32 Å². The van der Waals surface area contributed by atoms with Gasteiger partial charge in [-0.05, 0) is 50.4 Å². The summed E-state index contributed by atoms with van der Waals surface area (Å²) in [5.74, 6) is 0.414. The van der Waals surface area contributed by atoms with Gasteiger partial charge in [-0.3, -0.25) is 0 Å². The fourth-order valence-corrected chi connectivity index (χ4v) is 4.74. The zero-order valence-corrected chi connectivity index (χ0v) is 14.3. The van der Waals surface area contributed by atoms with E-state index < -0.39 is 10.0 Å². The van der Waals surface area contributed by atoms with Gasteiger partial charge in [0.1, 0.15) is 0 Å². The van der Waals surface area contributed by atoms with E-state index in [2.05, 4.69) is 5.32 Å². The molecule has 1 saturated heterocycles. The van der Waals surface area contributed by atoms with Crippen LogP contribution in [-0.4, -0.2) is 39.4 Å². The third-order valence-electron chi connectivity index (χ3n) is 3.95. The van der Waals surface area contributed by atoms with Crippen LogP contribution in [0.1, 0.15) is 25.3 Å². The van der Waals surface area contributed by atoms with E-state index in [1.807, 2.05) is 26.1 Å². The first-order valence-electron chi connectivity index (χ1n) is 7.32. The lowest BCUT2D eigenvalue weighted by molar-refractivity contribution is 0.263. The van der Waals surface area contributed by atoms with E-state index in [1.165, 1.54) is 0 Å². The first-order valence-corrected chi connectivity index (χ1v) is 8.76. The second-order valence-electron chi connectivity index (χ2n) is 5.39. The molecule has 1 aromatic rings. The topological polar surface area (TPSA) is 49.4 Å². The lowest BCUT2D eigenvalue weighted by Crippen LogP contribution is -2.42. The zero-order chi connectivity index (χ0) is 14.6. The van der Waals surface area contributed by atoms with Crippen molar-refractivity contribution >= 4 is 22.4 Å². The van der Waals surface area contributed by atoms with Crippen LogP contribution in [0.25, 0.3) is 0 Å². The van der Waals surface area contributed by atoms with Gasteiger partial charge in [0.25, 0.3) is 0 Å². The molecule has 1 unspecified atom stereocenters. The Kier molecular flexibility index (Phi) is 7.13. The van der Waals surface area contributed by atoms with Crippen LogP contribution in [0.4, 0.5) is 0 Å². The van der Waals surface area contributed by atoms with Crippen LogP contribution in [0.3, 0.4) is 0 Å². The Balaban J connectivity index is 0.00000220. The molecule has 1 atom stereocenters. The van der Waals surface area contributed by atoms with Gasteiger partial charge in [-0.15, -0.1) is 12.4 Å². The summed E-state index contributed by atoms with van der Waals surface area (Å²) in [6.45, 7) is 4.14. The van der Waals surface area contributed by atoms with Gasteiger partial charge in [-0.25, -0.2) is 8.42 Å². The number of benzene rings is 1. The number of aryl methyl sites for hydroxylation is 1. The van der Waals surface area contributed by atoms with Crippen molar-refractivity contribution in [1.82, 2.24) is 9.62 Å². The molecule has 0 radical (unpaired) electrons. The molecule has 0 aromatic heterocycles. The largest absolute Gasteiger partial charge is 0.319 e. The summed E-state index contributed by atoms with van der Waals surface area (Å²) < 4.78 is 27.3. The molecular weight excluding hydrogens is 308 g/mol. The average Bonchev–Trinajstić information content (AvgIpc) is 2.48. The highest BCUT2D eigenvalue weighted by Crippen LogP contribution is 2.25. The average molecular weight is 333 g/mol. The van der Waals surface area contributed by atoms with Crippen molar-refractivity contribution in [3.63, 3.8) is 0 Å². The van der Waals surface area contributed by atoms with E-state index in [-0.39, 0.29) is 12.4 Å². The van der Waals surface area contributed by atoms with Gasteiger partial charge in [0, 0.05) is 13.1 Å². The first kappa shape index (κ1) is 18.4. The fourth-order valence-electron chi connectivity index (χ4n) is 2.89. The van der Waals surface area contributed by atoms with E-state index in [1.54, 1.807) is 16.4 Å². The Labute approximate surface area is 134 Å². The van der Waals surface area contributed by atoms with Crippen molar-refractivity contribution in [2.45, 2.75) is 31.1 Å². The van der Waals surface area contributed by atoms with Crippen LogP contribution in [0.5, 0.6) is 0 Å². The molecule has 6 heteroatoms. The van der Waals surface area contributed by atoms with Gasteiger partial charge < -0.3 is 5.32 Å². The Morgan fingerprint density at radius 3 is 2.71 bits per heavy atom. The smallest absolute Gasteiger partial charge is 0.243 e. The molecule has 0 amide bonds. The molecule has 0 saturated carbocycles. The molecule has 0 aliphatic carbocycles. The number of nitrogens with zero attached hydrogens (tertiary/aromatic N) is 1. The molecule has 1 heterocycles. The Hall–Kier alpha value is -0.620. The molecule has 4 nitrogen and oxygen atoms in total. The van der Waals surface area contributed by atoms with Crippen molar-refractivity contribution in [1.29, 1.82) is 0 Å². The summed E-state index contributed by atoms with van der Waals surface area (Å²) in [4.78, 5) is 0.479. The molecule has 2 rings (SSSR count). The normalized spacial score (nSPS) is 20.0. The van der Waals surface area contributed by atoms with Crippen molar-refractivity contribution in [2.75, 3.05) is 26.7 Å². The number of halogens is 1. The standard InChI is InChI=1S/C15H24N2O2S.ClH/c1-3-14-8-4-5-9-15(14)20(18,19)17-10-6-7-13(12-17)11-16-2;/h4-5,8-9,13,16H,3,6-7,10-12H2,1-2H3;1H. The number of nitrogens with one attached hydrogen (secondary N) is 1. The highest BCUT2D eigenvalue weighted by atomic mass is 35.5. The second kappa shape index (κ2) is 8.13. The van der Waals surface area contributed by atoms with E-state index >= 15 is 0 Å². The number of piperidine rings is 1. The van der Waals surface area contributed by atoms with Gasteiger partial charge in [-0.2, -0.15) is 4.31 Å². The first-order chi connectivity index (χ1) is 9.59. The summed E-state index contributed by atoms with van der Waals surface area (Å²) in [6, 6.07) is 7.34. The monoisotopic (exact) mass is 332 g/mol. The van der Waals surface area contributed by atoms with Gasteiger partial charge in [-0.1, -0.05) is 25.1 Å². The molecule has 0 bridgehead atoms. The number of hydrogen-bond acceptors (Lipinski definition) is 3. The van der Waals surface area contributed by atoms with Crippen molar-refractivity contribution in [3.05, 3.63) is 29.8 Å². The summed E-state index contributed by atoms with van der Waals surface area (Å²) >= 11 is 0. The minimum atomic E-state index is -3.35. The molecule has 120 valence electrons. The maximum atomic E-state index is 12.8. The predicted octanol–water partition coefficient (Wildman–Crippen LogP) is 2.29. The van der Waals surface area contributed by atoms with E-state index in [4.69, 9.17) is 0 Å². The molecule has 0 spiro atoms. The van der Waals surface area contributed by atoms with E-state index in [0.29, 0.717) is 23.9 Å². The molecule has 1 aliphatic heterocycles. The third kappa shape index (κ3) is 4.19. The Morgan fingerprint density at radius 2 is 2.05 bits per heavy atom.